The highest BCUT2D eigenvalue weighted by molar-refractivity contribution is 6.10. The monoisotopic (exact) mass is 650 g/mol. The average molecular weight is 651 g/mol. The molecule has 0 N–H and O–H groups in total. The van der Waals surface area contributed by atoms with E-state index in [1.807, 2.05) is 48.7 Å². The number of aryl methyl sites for hydroxylation is 2. The van der Waals surface area contributed by atoms with Crippen LogP contribution in [-0.4, -0.2) is 23.2 Å². The van der Waals surface area contributed by atoms with Gasteiger partial charge < -0.3 is 14.7 Å². The van der Waals surface area contributed by atoms with E-state index in [-0.39, 0.29) is 6.67 Å². The van der Waals surface area contributed by atoms with Gasteiger partial charge in [0, 0.05) is 50.8 Å². The van der Waals surface area contributed by atoms with Crippen molar-refractivity contribution >= 4 is 55.9 Å². The third-order valence-electron chi connectivity index (χ3n) is 9.82. The number of benzene rings is 6. The van der Waals surface area contributed by atoms with Crippen LogP contribution in [0.3, 0.4) is 0 Å². The van der Waals surface area contributed by atoms with Crippen molar-refractivity contribution in [2.45, 2.75) is 13.8 Å². The Hall–Kier alpha value is -6.33. The molecule has 0 unspecified atom stereocenters. The summed E-state index contributed by atoms with van der Waals surface area (Å²) < 4.78 is 26.9. The Morgan fingerprint density at radius 1 is 0.600 bits per heavy atom. The number of rotatable bonds is 6. The summed E-state index contributed by atoms with van der Waals surface area (Å²) in [4.78, 5) is 10.8. The van der Waals surface area contributed by atoms with Gasteiger partial charge in [0.05, 0.1) is 29.1 Å². The van der Waals surface area contributed by atoms with Crippen LogP contribution in [0.4, 0.5) is 34.1 Å². The van der Waals surface area contributed by atoms with Gasteiger partial charge >= 0.3 is 0 Å². The molecule has 0 saturated carbocycles. The maximum Gasteiger partial charge on any atom is 0.138 e. The SMILES string of the molecule is [2H]C([2H])([2H])N1CN(c2cccc(N(c3ccccc3)c3ccc4c5ccccc5n(-c5cc(-c6c(C)cccc6C)ccn5)c4c3)c2)c2ccccc21. The molecule has 242 valence electrons. The summed E-state index contributed by atoms with van der Waals surface area (Å²) in [5, 5.41) is 2.30. The van der Waals surface area contributed by atoms with Gasteiger partial charge in [-0.1, -0.05) is 78.9 Å². The van der Waals surface area contributed by atoms with Gasteiger partial charge in [-0.2, -0.15) is 0 Å². The fourth-order valence-electron chi connectivity index (χ4n) is 7.57. The minimum Gasteiger partial charge on any atom is -0.355 e. The summed E-state index contributed by atoms with van der Waals surface area (Å²) in [6.45, 7) is 2.28. The maximum atomic E-state index is 8.23. The van der Waals surface area contributed by atoms with Crippen LogP contribution >= 0.6 is 0 Å². The highest BCUT2D eigenvalue weighted by Crippen LogP contribution is 2.44. The van der Waals surface area contributed by atoms with E-state index in [9.17, 15) is 0 Å². The lowest BCUT2D eigenvalue weighted by Gasteiger charge is -2.27. The fraction of sp³-hybridized carbons (Fsp3) is 0.0889. The van der Waals surface area contributed by atoms with E-state index in [0.29, 0.717) is 5.69 Å². The summed E-state index contributed by atoms with van der Waals surface area (Å²) >= 11 is 0. The predicted octanol–water partition coefficient (Wildman–Crippen LogP) is 11.5. The van der Waals surface area contributed by atoms with Crippen LogP contribution < -0.4 is 14.7 Å². The number of anilines is 6. The lowest BCUT2D eigenvalue weighted by molar-refractivity contribution is 0.949. The van der Waals surface area contributed by atoms with Crippen molar-refractivity contribution in [3.63, 3.8) is 0 Å². The van der Waals surface area contributed by atoms with Crippen molar-refractivity contribution in [1.29, 1.82) is 0 Å². The molecule has 8 aromatic rings. The molecular formula is C45H37N5. The molecule has 6 aromatic carbocycles. The first-order chi connectivity index (χ1) is 25.8. The van der Waals surface area contributed by atoms with Crippen molar-refractivity contribution in [2.75, 3.05) is 28.3 Å². The van der Waals surface area contributed by atoms with Gasteiger partial charge in [0.1, 0.15) is 5.82 Å². The lowest BCUT2D eigenvalue weighted by Crippen LogP contribution is -2.24. The molecule has 50 heavy (non-hydrogen) atoms. The molecule has 0 bridgehead atoms. The van der Waals surface area contributed by atoms with Crippen LogP contribution in [0.2, 0.25) is 0 Å². The van der Waals surface area contributed by atoms with Gasteiger partial charge in [-0.3, -0.25) is 4.57 Å². The Bertz CT molecular complexity index is 2630. The minimum atomic E-state index is -2.26. The Morgan fingerprint density at radius 2 is 1.30 bits per heavy atom. The fourth-order valence-corrected chi connectivity index (χ4v) is 7.57. The number of pyridine rings is 1. The van der Waals surface area contributed by atoms with Gasteiger partial charge in [-0.25, -0.2) is 4.98 Å². The zero-order chi connectivity index (χ0) is 36.3. The van der Waals surface area contributed by atoms with Crippen molar-refractivity contribution < 1.29 is 4.11 Å². The van der Waals surface area contributed by atoms with E-state index in [1.165, 1.54) is 21.6 Å². The Morgan fingerprint density at radius 3 is 2.14 bits per heavy atom. The molecular weight excluding hydrogens is 611 g/mol. The van der Waals surface area contributed by atoms with Crippen LogP contribution in [0.15, 0.2) is 158 Å². The number of aromatic nitrogens is 2. The average Bonchev–Trinajstić information content (AvgIpc) is 3.72. The molecule has 3 heterocycles. The molecule has 1 aliphatic rings. The highest BCUT2D eigenvalue weighted by atomic mass is 15.4. The minimum absolute atomic E-state index is 0.227. The number of hydrogen-bond donors (Lipinski definition) is 0. The second-order valence-corrected chi connectivity index (χ2v) is 12.9. The molecule has 0 atom stereocenters. The topological polar surface area (TPSA) is 27.5 Å². The Balaban J connectivity index is 1.21. The molecule has 5 nitrogen and oxygen atoms in total. The Kier molecular flexibility index (Phi) is 6.37. The number of fused-ring (bicyclic) bond motifs is 4. The third-order valence-corrected chi connectivity index (χ3v) is 9.82. The Labute approximate surface area is 297 Å². The van der Waals surface area contributed by atoms with Gasteiger partial charge in [0.15, 0.2) is 0 Å². The smallest absolute Gasteiger partial charge is 0.138 e. The van der Waals surface area contributed by atoms with E-state index in [1.54, 1.807) is 0 Å². The van der Waals surface area contributed by atoms with Crippen LogP contribution in [0, 0.1) is 13.8 Å². The quantitative estimate of drug-likeness (QED) is 0.179. The second-order valence-electron chi connectivity index (χ2n) is 12.9. The van der Waals surface area contributed by atoms with E-state index in [2.05, 4.69) is 137 Å². The van der Waals surface area contributed by atoms with Gasteiger partial charge in [0.25, 0.3) is 0 Å². The molecule has 0 radical (unpaired) electrons. The van der Waals surface area contributed by atoms with Crippen molar-refractivity contribution in [3.8, 4) is 16.9 Å². The largest absolute Gasteiger partial charge is 0.355 e. The maximum absolute atomic E-state index is 8.23. The van der Waals surface area contributed by atoms with Crippen LogP contribution in [-0.2, 0) is 0 Å². The van der Waals surface area contributed by atoms with E-state index in [4.69, 9.17) is 9.10 Å². The third kappa shape index (κ3) is 4.89. The molecule has 0 saturated heterocycles. The molecule has 0 spiro atoms. The molecule has 0 aliphatic carbocycles. The first kappa shape index (κ1) is 26.6. The summed E-state index contributed by atoms with van der Waals surface area (Å²) in [6.07, 6.45) is 1.91. The normalized spacial score (nSPS) is 13.7. The molecule has 5 heteroatoms. The van der Waals surface area contributed by atoms with Crippen molar-refractivity contribution in [1.82, 2.24) is 9.55 Å². The first-order valence-electron chi connectivity index (χ1n) is 18.4. The summed E-state index contributed by atoms with van der Waals surface area (Å²) in [6, 6.07) is 52.3. The van der Waals surface area contributed by atoms with Crippen LogP contribution in [0.25, 0.3) is 38.8 Å². The summed E-state index contributed by atoms with van der Waals surface area (Å²) in [5.41, 5.74) is 12.4. The molecule has 2 aromatic heterocycles. The molecule has 9 rings (SSSR count). The molecule has 0 amide bonds. The standard InChI is InChI=1S/C45H37N5/c1-31-13-11-14-32(2)45(31)33-25-26-46-44(27-33)50-40-20-8-7-19-38(40)39-24-23-37(29-43(39)50)49(34-15-5-4-6-16-34)36-18-12-17-35(28-36)48-30-47(3)41-21-9-10-22-42(41)48/h4-29H,30H2,1-3H3/i3D3. The summed E-state index contributed by atoms with van der Waals surface area (Å²) in [7, 11) is 0. The highest BCUT2D eigenvalue weighted by Gasteiger charge is 2.25. The first-order valence-corrected chi connectivity index (χ1v) is 16.9. The van der Waals surface area contributed by atoms with Crippen molar-refractivity contribution in [2.24, 2.45) is 0 Å². The van der Waals surface area contributed by atoms with E-state index >= 15 is 0 Å². The molecule has 1 aliphatic heterocycles. The summed E-state index contributed by atoms with van der Waals surface area (Å²) in [5.74, 6) is 0.855. The van der Waals surface area contributed by atoms with E-state index in [0.717, 1.165) is 61.6 Å². The lowest BCUT2D eigenvalue weighted by atomic mass is 9.96. The van der Waals surface area contributed by atoms with Gasteiger partial charge in [-0.15, -0.1) is 0 Å². The van der Waals surface area contributed by atoms with E-state index < -0.39 is 6.98 Å². The van der Waals surface area contributed by atoms with Crippen molar-refractivity contribution in [3.05, 3.63) is 169 Å². The van der Waals surface area contributed by atoms with Crippen LogP contribution in [0.5, 0.6) is 0 Å². The van der Waals surface area contributed by atoms with Gasteiger partial charge in [-0.05, 0) is 109 Å². The number of hydrogen-bond acceptors (Lipinski definition) is 4. The predicted molar refractivity (Wildman–Crippen MR) is 210 cm³/mol. The molecule has 0 fully saturated rings. The van der Waals surface area contributed by atoms with Gasteiger partial charge in [0.2, 0.25) is 0 Å². The second kappa shape index (κ2) is 12.0. The zero-order valence-electron chi connectivity index (χ0n) is 31.0. The van der Waals surface area contributed by atoms with Crippen LogP contribution in [0.1, 0.15) is 15.2 Å². The zero-order valence-corrected chi connectivity index (χ0v) is 28.0. The number of para-hydroxylation sites is 4. The number of nitrogens with zero attached hydrogens (tertiary/aromatic N) is 5.